The van der Waals surface area contributed by atoms with Crippen molar-refractivity contribution in [2.24, 2.45) is 5.73 Å². The molecular weight excluding hydrogens is 568 g/mol. The molecule has 0 saturated heterocycles. The number of nitrogens with zero attached hydrogens (tertiary/aromatic N) is 3. The second-order valence-electron chi connectivity index (χ2n) is 10.1. The van der Waals surface area contributed by atoms with E-state index in [0.717, 1.165) is 16.7 Å². The third-order valence-corrected chi connectivity index (χ3v) is 8.39. The fraction of sp³-hybridized carbons (Fsp3) is 0.0833. The van der Waals surface area contributed by atoms with E-state index in [1.165, 1.54) is 15.9 Å². The minimum atomic E-state index is -0.708. The normalized spacial score (nSPS) is 14.5. The summed E-state index contributed by atoms with van der Waals surface area (Å²) in [6.07, 6.45) is 1.75. The number of nitrogens with two attached hydrogens (primary N) is 1. The maximum absolute atomic E-state index is 13.5. The molecular formula is C36H26N4O3S. The Morgan fingerprint density at radius 1 is 0.750 bits per heavy atom. The van der Waals surface area contributed by atoms with Crippen LogP contribution in [0, 0.1) is 22.7 Å². The van der Waals surface area contributed by atoms with Crippen molar-refractivity contribution >= 4 is 28.8 Å². The van der Waals surface area contributed by atoms with Crippen molar-refractivity contribution in [2.45, 2.75) is 19.1 Å². The molecule has 2 heterocycles. The summed E-state index contributed by atoms with van der Waals surface area (Å²) in [4.78, 5) is 13.5. The molecule has 6 rings (SSSR count). The van der Waals surface area contributed by atoms with E-state index in [1.807, 2.05) is 97.1 Å². The zero-order valence-corrected chi connectivity index (χ0v) is 24.3. The number of ether oxygens (including phenoxy) is 2. The Labute approximate surface area is 257 Å². The highest BCUT2D eigenvalue weighted by atomic mass is 32.1. The number of nitriles is 2. The van der Waals surface area contributed by atoms with Crippen LogP contribution in [0.25, 0.3) is 17.5 Å². The number of hydrogen-bond donors (Lipinski definition) is 1. The van der Waals surface area contributed by atoms with Crippen LogP contribution in [-0.2, 0) is 13.2 Å². The van der Waals surface area contributed by atoms with Gasteiger partial charge in [-0.1, -0.05) is 84.9 Å². The van der Waals surface area contributed by atoms with Crippen molar-refractivity contribution in [3.05, 3.63) is 157 Å². The highest BCUT2D eigenvalue weighted by Crippen LogP contribution is 2.36. The predicted molar refractivity (Wildman–Crippen MR) is 171 cm³/mol. The molecule has 0 spiro atoms. The van der Waals surface area contributed by atoms with E-state index in [-0.39, 0.29) is 17.0 Å². The van der Waals surface area contributed by atoms with Crippen molar-refractivity contribution in [3.8, 4) is 23.6 Å². The molecule has 1 unspecified atom stereocenters. The van der Waals surface area contributed by atoms with Crippen molar-refractivity contribution in [3.63, 3.8) is 0 Å². The summed E-state index contributed by atoms with van der Waals surface area (Å²) in [5.41, 5.74) is 10.1. The molecule has 2 N–H and O–H groups in total. The number of fused-ring (bicyclic) bond motifs is 1. The third kappa shape index (κ3) is 5.76. The zero-order valence-electron chi connectivity index (χ0n) is 23.5. The van der Waals surface area contributed by atoms with Crippen LogP contribution in [0.2, 0.25) is 0 Å². The lowest BCUT2D eigenvalue weighted by atomic mass is 9.84. The maximum atomic E-state index is 13.5. The Morgan fingerprint density at radius 2 is 1.27 bits per heavy atom. The summed E-state index contributed by atoms with van der Waals surface area (Å²) in [5.74, 6) is 0.684. The Morgan fingerprint density at radius 3 is 1.80 bits per heavy atom. The maximum Gasteiger partial charge on any atom is 0.274 e. The van der Waals surface area contributed by atoms with Crippen molar-refractivity contribution in [1.82, 2.24) is 4.57 Å². The molecule has 44 heavy (non-hydrogen) atoms. The molecule has 4 aromatic carbocycles. The second-order valence-corrected chi connectivity index (χ2v) is 11.1. The molecule has 0 fully saturated rings. The fourth-order valence-electron chi connectivity index (χ4n) is 5.03. The van der Waals surface area contributed by atoms with Gasteiger partial charge in [0, 0.05) is 0 Å². The highest BCUT2D eigenvalue weighted by molar-refractivity contribution is 7.07. The lowest BCUT2D eigenvalue weighted by Gasteiger charge is -2.22. The van der Waals surface area contributed by atoms with Crippen LogP contribution in [0.15, 0.2) is 120 Å². The van der Waals surface area contributed by atoms with Crippen LogP contribution < -0.4 is 30.0 Å². The van der Waals surface area contributed by atoms with Gasteiger partial charge in [-0.2, -0.15) is 10.5 Å². The van der Waals surface area contributed by atoms with Crippen LogP contribution in [0.4, 0.5) is 0 Å². The van der Waals surface area contributed by atoms with Crippen molar-refractivity contribution < 1.29 is 9.47 Å². The lowest BCUT2D eigenvalue weighted by Crippen LogP contribution is -2.38. The van der Waals surface area contributed by atoms with E-state index in [2.05, 4.69) is 12.1 Å². The average molecular weight is 595 g/mol. The van der Waals surface area contributed by atoms with Gasteiger partial charge in [0.25, 0.3) is 5.56 Å². The first-order valence-electron chi connectivity index (χ1n) is 13.9. The molecule has 214 valence electrons. The molecule has 1 aliphatic heterocycles. The average Bonchev–Trinajstić information content (AvgIpc) is 3.40. The quantitative estimate of drug-likeness (QED) is 0.270. The standard InChI is InChI=1S/C36H26N4O3S/c37-20-30-33(27-13-17-29(18-14-27)43-23-26-9-5-2-6-10-26)31(21-38)36-40(34(30)39)35(41)32(44-36)19-24-11-15-28(16-12-24)42-22-25-7-3-1-4-8-25/h1-19,33H,22-23,39H2/b32-19-. The van der Waals surface area contributed by atoms with Gasteiger partial charge >= 0.3 is 0 Å². The van der Waals surface area contributed by atoms with Gasteiger partial charge in [-0.15, -0.1) is 11.3 Å². The number of rotatable bonds is 8. The molecule has 0 radical (unpaired) electrons. The number of thiazole rings is 1. The van der Waals surface area contributed by atoms with Gasteiger partial charge in [-0.05, 0) is 52.6 Å². The molecule has 5 aromatic rings. The van der Waals surface area contributed by atoms with Gasteiger partial charge in [0.05, 0.1) is 33.7 Å². The summed E-state index contributed by atoms with van der Waals surface area (Å²) >= 11 is 1.18. The molecule has 0 saturated carbocycles. The molecule has 1 aliphatic rings. The first-order chi connectivity index (χ1) is 21.6. The van der Waals surface area contributed by atoms with Crippen molar-refractivity contribution in [1.29, 1.82) is 10.5 Å². The van der Waals surface area contributed by atoms with E-state index in [0.29, 0.717) is 45.0 Å². The summed E-state index contributed by atoms with van der Waals surface area (Å²) in [6, 6.07) is 38.8. The van der Waals surface area contributed by atoms with E-state index < -0.39 is 5.92 Å². The Kier molecular flexibility index (Phi) is 8.09. The smallest absolute Gasteiger partial charge is 0.274 e. The van der Waals surface area contributed by atoms with Gasteiger partial charge < -0.3 is 15.2 Å². The third-order valence-electron chi connectivity index (χ3n) is 7.28. The Bertz CT molecular complexity index is 2100. The van der Waals surface area contributed by atoms with Gasteiger partial charge in [-0.25, -0.2) is 0 Å². The molecule has 8 heteroatoms. The van der Waals surface area contributed by atoms with Crippen LogP contribution in [0.3, 0.4) is 0 Å². The summed E-state index contributed by atoms with van der Waals surface area (Å²) in [5, 5.41) is 20.4. The molecule has 0 bridgehead atoms. The zero-order chi connectivity index (χ0) is 30.5. The number of aromatic nitrogens is 1. The van der Waals surface area contributed by atoms with Crippen LogP contribution >= 0.6 is 11.3 Å². The van der Waals surface area contributed by atoms with Crippen LogP contribution in [-0.4, -0.2) is 4.57 Å². The van der Waals surface area contributed by atoms with Gasteiger partial charge in [0.2, 0.25) is 0 Å². The topological polar surface area (TPSA) is 114 Å². The van der Waals surface area contributed by atoms with Gasteiger partial charge in [0.15, 0.2) is 0 Å². The first kappa shape index (κ1) is 28.3. The van der Waals surface area contributed by atoms with Gasteiger partial charge in [-0.3, -0.25) is 9.36 Å². The highest BCUT2D eigenvalue weighted by Gasteiger charge is 2.32. The number of hydrogen-bond acceptors (Lipinski definition) is 7. The minimum Gasteiger partial charge on any atom is -0.489 e. The number of benzene rings is 4. The first-order valence-corrected chi connectivity index (χ1v) is 14.7. The SMILES string of the molecule is N#CC1=C(N)n2c(s/c(=C\c3ccc(OCc4ccccc4)cc3)c2=O)=C(C#N)C1c1ccc(OCc2ccccc2)cc1. The Balaban J connectivity index is 1.30. The summed E-state index contributed by atoms with van der Waals surface area (Å²) in [7, 11) is 0. The number of allylic oxidation sites excluding steroid dienone is 1. The van der Waals surface area contributed by atoms with Crippen molar-refractivity contribution in [2.75, 3.05) is 0 Å². The fourth-order valence-corrected chi connectivity index (χ4v) is 6.16. The molecule has 1 aromatic heterocycles. The monoisotopic (exact) mass is 594 g/mol. The molecule has 7 nitrogen and oxygen atoms in total. The lowest BCUT2D eigenvalue weighted by molar-refractivity contribution is 0.306. The van der Waals surface area contributed by atoms with E-state index >= 15 is 0 Å². The predicted octanol–water partition coefficient (Wildman–Crippen LogP) is 5.02. The van der Waals surface area contributed by atoms with Crippen LogP contribution in [0.5, 0.6) is 11.5 Å². The molecule has 1 atom stereocenters. The Hall–Kier alpha value is -5.83. The van der Waals surface area contributed by atoms with E-state index in [4.69, 9.17) is 15.2 Å². The molecule has 0 amide bonds. The summed E-state index contributed by atoms with van der Waals surface area (Å²) < 4.78 is 13.9. The second kappa shape index (κ2) is 12.6. The largest absolute Gasteiger partial charge is 0.489 e. The van der Waals surface area contributed by atoms with E-state index in [1.54, 1.807) is 18.2 Å². The van der Waals surface area contributed by atoms with Crippen LogP contribution in [0.1, 0.15) is 28.2 Å². The minimum absolute atomic E-state index is 0.0291. The molecule has 0 aliphatic carbocycles. The van der Waals surface area contributed by atoms with E-state index in [9.17, 15) is 15.3 Å². The van der Waals surface area contributed by atoms with Gasteiger partial charge in [0.1, 0.15) is 35.2 Å². The summed E-state index contributed by atoms with van der Waals surface area (Å²) in [6.45, 7) is 0.868.